The van der Waals surface area contributed by atoms with E-state index in [1.54, 1.807) is 0 Å². The number of benzene rings is 1. The van der Waals surface area contributed by atoms with E-state index in [1.807, 2.05) is 0 Å². The summed E-state index contributed by atoms with van der Waals surface area (Å²) >= 11 is 0. The zero-order chi connectivity index (χ0) is 14.8. The third kappa shape index (κ3) is 3.71. The van der Waals surface area contributed by atoms with Gasteiger partial charge in [0.2, 0.25) is 0 Å². The van der Waals surface area contributed by atoms with Gasteiger partial charge in [0.15, 0.2) is 0 Å². The molecule has 1 fully saturated rings. The van der Waals surface area contributed by atoms with E-state index < -0.39 is 0 Å². The van der Waals surface area contributed by atoms with Crippen LogP contribution in [0.15, 0.2) is 24.3 Å². The Balaban J connectivity index is 2.04. The van der Waals surface area contributed by atoms with E-state index in [-0.39, 0.29) is 11.3 Å². The molecule has 0 aliphatic heterocycles. The highest BCUT2D eigenvalue weighted by Crippen LogP contribution is 2.31. The number of ketones is 1. The third-order valence-corrected chi connectivity index (χ3v) is 4.75. The standard InChI is InChI=1S/C19H28O/c1-5-14-8-11-18(20)16(12-14)13-15-6-9-17(10-7-15)19(2,3)4/h6-7,9-10,14,16H,5,8,11-13H2,1-4H3. The predicted molar refractivity (Wildman–Crippen MR) is 85.0 cm³/mol. The lowest BCUT2D eigenvalue weighted by atomic mass is 9.76. The zero-order valence-electron chi connectivity index (χ0n) is 13.4. The summed E-state index contributed by atoms with van der Waals surface area (Å²) in [7, 11) is 0. The molecular formula is C19H28O. The van der Waals surface area contributed by atoms with Gasteiger partial charge in [-0.3, -0.25) is 4.79 Å². The fourth-order valence-electron chi connectivity index (χ4n) is 3.20. The first-order valence-electron chi connectivity index (χ1n) is 8.02. The van der Waals surface area contributed by atoms with Gasteiger partial charge in [0.1, 0.15) is 5.78 Å². The zero-order valence-corrected chi connectivity index (χ0v) is 13.4. The van der Waals surface area contributed by atoms with E-state index in [1.165, 1.54) is 17.5 Å². The number of hydrogen-bond donors (Lipinski definition) is 0. The molecule has 1 aromatic rings. The predicted octanol–water partition coefficient (Wildman–Crippen LogP) is 4.92. The van der Waals surface area contributed by atoms with Gasteiger partial charge in [0, 0.05) is 12.3 Å². The lowest BCUT2D eigenvalue weighted by Gasteiger charge is -2.27. The minimum absolute atomic E-state index is 0.201. The summed E-state index contributed by atoms with van der Waals surface area (Å²) in [6, 6.07) is 8.87. The van der Waals surface area contributed by atoms with Crippen molar-refractivity contribution in [1.29, 1.82) is 0 Å². The van der Waals surface area contributed by atoms with Crippen LogP contribution in [0.3, 0.4) is 0 Å². The van der Waals surface area contributed by atoms with Crippen LogP contribution in [0.5, 0.6) is 0 Å². The lowest BCUT2D eigenvalue weighted by Crippen LogP contribution is -2.26. The normalized spacial score (nSPS) is 23.9. The molecule has 1 saturated carbocycles. The Morgan fingerprint density at radius 3 is 2.35 bits per heavy atom. The molecule has 0 radical (unpaired) electrons. The van der Waals surface area contributed by atoms with Crippen molar-refractivity contribution in [3.8, 4) is 0 Å². The number of carbonyl (C=O) groups excluding carboxylic acids is 1. The van der Waals surface area contributed by atoms with Crippen molar-refractivity contribution >= 4 is 5.78 Å². The highest BCUT2D eigenvalue weighted by atomic mass is 16.1. The van der Waals surface area contributed by atoms with Crippen LogP contribution in [-0.2, 0) is 16.6 Å². The van der Waals surface area contributed by atoms with Crippen LogP contribution in [0, 0.1) is 11.8 Å². The second-order valence-electron chi connectivity index (χ2n) is 7.36. The monoisotopic (exact) mass is 272 g/mol. The van der Waals surface area contributed by atoms with Crippen molar-refractivity contribution in [2.45, 2.75) is 65.2 Å². The molecule has 1 aliphatic carbocycles. The molecule has 1 aromatic carbocycles. The molecule has 0 amide bonds. The second-order valence-corrected chi connectivity index (χ2v) is 7.36. The summed E-state index contributed by atoms with van der Waals surface area (Å²) in [6.45, 7) is 8.95. The molecule has 0 spiro atoms. The van der Waals surface area contributed by atoms with Gasteiger partial charge in [0.05, 0.1) is 0 Å². The first-order valence-corrected chi connectivity index (χ1v) is 8.02. The maximum Gasteiger partial charge on any atom is 0.136 e. The van der Waals surface area contributed by atoms with Gasteiger partial charge in [-0.25, -0.2) is 0 Å². The summed E-state index contributed by atoms with van der Waals surface area (Å²) < 4.78 is 0. The van der Waals surface area contributed by atoms with Crippen LogP contribution < -0.4 is 0 Å². The Labute approximate surface area is 123 Å². The average Bonchev–Trinajstić information content (AvgIpc) is 2.41. The topological polar surface area (TPSA) is 17.1 Å². The third-order valence-electron chi connectivity index (χ3n) is 4.75. The van der Waals surface area contributed by atoms with Gasteiger partial charge in [0.25, 0.3) is 0 Å². The highest BCUT2D eigenvalue weighted by Gasteiger charge is 2.27. The van der Waals surface area contributed by atoms with E-state index in [2.05, 4.69) is 52.0 Å². The van der Waals surface area contributed by atoms with E-state index in [4.69, 9.17) is 0 Å². The van der Waals surface area contributed by atoms with Crippen LogP contribution in [0.4, 0.5) is 0 Å². The molecule has 0 N–H and O–H groups in total. The minimum Gasteiger partial charge on any atom is -0.299 e. The Kier molecular flexibility index (Phi) is 4.67. The number of rotatable bonds is 3. The summed E-state index contributed by atoms with van der Waals surface area (Å²) in [5, 5.41) is 0. The van der Waals surface area contributed by atoms with E-state index in [9.17, 15) is 4.79 Å². The first kappa shape index (κ1) is 15.3. The fraction of sp³-hybridized carbons (Fsp3) is 0.632. The quantitative estimate of drug-likeness (QED) is 0.763. The smallest absolute Gasteiger partial charge is 0.136 e. The Bertz CT molecular complexity index is 450. The van der Waals surface area contributed by atoms with Crippen molar-refractivity contribution in [3.05, 3.63) is 35.4 Å². The largest absolute Gasteiger partial charge is 0.299 e. The molecule has 0 saturated heterocycles. The molecular weight excluding hydrogens is 244 g/mol. The number of Topliss-reactive ketones (excluding diaryl/α,β-unsaturated/α-hetero) is 1. The minimum atomic E-state index is 0.201. The summed E-state index contributed by atoms with van der Waals surface area (Å²) in [5.74, 6) is 1.50. The maximum atomic E-state index is 12.1. The molecule has 1 aliphatic rings. The molecule has 0 heterocycles. The van der Waals surface area contributed by atoms with Crippen molar-refractivity contribution in [3.63, 3.8) is 0 Å². The first-order chi connectivity index (χ1) is 9.40. The van der Waals surface area contributed by atoms with Crippen LogP contribution in [0.1, 0.15) is 64.5 Å². The average molecular weight is 272 g/mol. The molecule has 2 rings (SSSR count). The van der Waals surface area contributed by atoms with Crippen molar-refractivity contribution in [2.24, 2.45) is 11.8 Å². The Morgan fingerprint density at radius 1 is 1.15 bits per heavy atom. The molecule has 0 bridgehead atoms. The van der Waals surface area contributed by atoms with Crippen LogP contribution in [-0.4, -0.2) is 5.78 Å². The van der Waals surface area contributed by atoms with Crippen LogP contribution >= 0.6 is 0 Å². The summed E-state index contributed by atoms with van der Waals surface area (Å²) in [5.41, 5.74) is 2.88. The van der Waals surface area contributed by atoms with Gasteiger partial charge < -0.3 is 0 Å². The SMILES string of the molecule is CCC1CCC(=O)C(Cc2ccc(C(C)(C)C)cc2)C1. The second kappa shape index (κ2) is 6.11. The molecule has 1 heteroatoms. The molecule has 0 aromatic heterocycles. The van der Waals surface area contributed by atoms with Gasteiger partial charge in [-0.2, -0.15) is 0 Å². The van der Waals surface area contributed by atoms with Crippen molar-refractivity contribution in [1.82, 2.24) is 0 Å². The number of carbonyl (C=O) groups is 1. The van der Waals surface area contributed by atoms with Crippen molar-refractivity contribution < 1.29 is 4.79 Å². The van der Waals surface area contributed by atoms with E-state index >= 15 is 0 Å². The fourth-order valence-corrected chi connectivity index (χ4v) is 3.20. The van der Waals surface area contributed by atoms with E-state index in [0.29, 0.717) is 5.78 Å². The van der Waals surface area contributed by atoms with Crippen LogP contribution in [0.2, 0.25) is 0 Å². The molecule has 2 atom stereocenters. The lowest BCUT2D eigenvalue weighted by molar-refractivity contribution is -0.125. The molecule has 110 valence electrons. The van der Waals surface area contributed by atoms with Gasteiger partial charge in [-0.1, -0.05) is 58.4 Å². The van der Waals surface area contributed by atoms with Gasteiger partial charge in [-0.05, 0) is 41.7 Å². The van der Waals surface area contributed by atoms with Crippen molar-refractivity contribution in [2.75, 3.05) is 0 Å². The van der Waals surface area contributed by atoms with Gasteiger partial charge >= 0.3 is 0 Å². The summed E-state index contributed by atoms with van der Waals surface area (Å²) in [6.07, 6.45) is 5.14. The molecule has 20 heavy (non-hydrogen) atoms. The molecule has 1 nitrogen and oxygen atoms in total. The molecule has 2 unspecified atom stereocenters. The van der Waals surface area contributed by atoms with Crippen LogP contribution in [0.25, 0.3) is 0 Å². The maximum absolute atomic E-state index is 12.1. The number of hydrogen-bond acceptors (Lipinski definition) is 1. The summed E-state index contributed by atoms with van der Waals surface area (Å²) in [4.78, 5) is 12.1. The van der Waals surface area contributed by atoms with E-state index in [0.717, 1.165) is 31.6 Å². The Morgan fingerprint density at radius 2 is 1.80 bits per heavy atom. The van der Waals surface area contributed by atoms with Gasteiger partial charge in [-0.15, -0.1) is 0 Å². The Hall–Kier alpha value is -1.11. The highest BCUT2D eigenvalue weighted by molar-refractivity contribution is 5.82.